The maximum absolute atomic E-state index is 9.71. The van der Waals surface area contributed by atoms with E-state index in [9.17, 15) is 9.67 Å². The van der Waals surface area contributed by atoms with Gasteiger partial charge in [0.15, 0.2) is 0 Å². The van der Waals surface area contributed by atoms with Crippen LogP contribution in [-0.4, -0.2) is 52.0 Å². The quantitative estimate of drug-likeness (QED) is 0.336. The summed E-state index contributed by atoms with van der Waals surface area (Å²) in [6.07, 6.45) is 1.50. The molecule has 5 N–H and O–H groups in total. The number of hydrogen-bond donors (Lipinski definition) is 5. The number of aliphatic hydroxyl groups excluding tert-OH is 1. The molecule has 0 heterocycles. The highest BCUT2D eigenvalue weighted by molar-refractivity contribution is 7.50. The first-order chi connectivity index (χ1) is 7.18. The summed E-state index contributed by atoms with van der Waals surface area (Å²) in [7, 11) is -3.64. The van der Waals surface area contributed by atoms with Crippen LogP contribution in [0.25, 0.3) is 0 Å². The molecular weight excluding hydrogens is 233 g/mol. The Balaban J connectivity index is 0. The summed E-state index contributed by atoms with van der Waals surface area (Å²) < 4.78 is 9.33. The van der Waals surface area contributed by atoms with Crippen molar-refractivity contribution in [2.24, 2.45) is 0 Å². The van der Waals surface area contributed by atoms with Crippen LogP contribution in [0.3, 0.4) is 0 Å². The molecule has 0 aliphatic heterocycles. The van der Waals surface area contributed by atoms with Crippen LogP contribution >= 0.6 is 7.60 Å². The Kier molecular flexibility index (Phi) is 10.5. The van der Waals surface area contributed by atoms with Gasteiger partial charge in [0.25, 0.3) is 0 Å². The first kappa shape index (κ1) is 18.4. The Hall–Kier alpha value is 0.0300. The fourth-order valence-corrected chi connectivity index (χ4v) is 0.900. The average molecular weight is 257 g/mol. The minimum absolute atomic E-state index is 0.128. The van der Waals surface area contributed by atoms with Crippen molar-refractivity contribution in [1.29, 1.82) is 0 Å². The van der Waals surface area contributed by atoms with Gasteiger partial charge in [-0.25, -0.2) is 0 Å². The van der Waals surface area contributed by atoms with Crippen molar-refractivity contribution in [1.82, 2.24) is 5.32 Å². The normalized spacial score (nSPS) is 11.9. The minimum atomic E-state index is -3.64. The Morgan fingerprint density at radius 2 is 1.62 bits per heavy atom. The van der Waals surface area contributed by atoms with Gasteiger partial charge < -0.3 is 25.3 Å². The molecule has 7 heteroatoms. The molecule has 0 radical (unpaired) electrons. The molecular formula is C9H24NO5P. The van der Waals surface area contributed by atoms with Gasteiger partial charge in [-0.05, 0) is 12.8 Å². The number of nitrogens with one attached hydrogen (secondary N) is 1. The molecule has 0 aliphatic rings. The first-order valence-electron chi connectivity index (χ1n) is 5.25. The summed E-state index contributed by atoms with van der Waals surface area (Å²) in [6.45, 7) is 6.04. The third kappa shape index (κ3) is 16.5. The summed E-state index contributed by atoms with van der Waals surface area (Å²) >= 11 is 0. The highest BCUT2D eigenvalue weighted by Crippen LogP contribution is 2.26. The first-order valence-corrected chi connectivity index (χ1v) is 7.31. The van der Waals surface area contributed by atoms with E-state index >= 15 is 0 Å². The van der Waals surface area contributed by atoms with Crippen LogP contribution in [0.1, 0.15) is 26.7 Å². The fraction of sp³-hybridized carbons (Fsp3) is 1.00. The monoisotopic (exact) mass is 257 g/mol. The van der Waals surface area contributed by atoms with Gasteiger partial charge in [0.2, 0.25) is 0 Å². The molecule has 0 unspecified atom stereocenters. The topological polar surface area (TPSA) is 110 Å². The predicted molar refractivity (Wildman–Crippen MR) is 63.5 cm³/mol. The van der Waals surface area contributed by atoms with E-state index in [0.717, 1.165) is 19.5 Å². The molecule has 0 rings (SSSR count). The van der Waals surface area contributed by atoms with Gasteiger partial charge in [-0.3, -0.25) is 4.57 Å². The summed E-state index contributed by atoms with van der Waals surface area (Å²) in [5.74, 6) is 0. The minimum Gasteiger partial charge on any atom is -0.395 e. The molecule has 16 heavy (non-hydrogen) atoms. The van der Waals surface area contributed by atoms with E-state index in [1.807, 2.05) is 13.8 Å². The SMILES string of the molecule is CCC(O)(CC)CNCCO.CP(=O)(O)O. The van der Waals surface area contributed by atoms with Gasteiger partial charge in [-0.2, -0.15) is 0 Å². The molecule has 6 nitrogen and oxygen atoms in total. The largest absolute Gasteiger partial charge is 0.395 e. The van der Waals surface area contributed by atoms with E-state index in [1.165, 1.54) is 0 Å². The molecule has 0 aromatic heterocycles. The molecule has 0 aromatic rings. The zero-order valence-electron chi connectivity index (χ0n) is 10.2. The van der Waals surface area contributed by atoms with Crippen LogP contribution in [0.15, 0.2) is 0 Å². The maximum atomic E-state index is 9.71. The van der Waals surface area contributed by atoms with E-state index in [1.54, 1.807) is 0 Å². The number of aliphatic hydroxyl groups is 2. The van der Waals surface area contributed by atoms with Crippen LogP contribution in [0, 0.1) is 0 Å². The summed E-state index contributed by atoms with van der Waals surface area (Å²) in [5.41, 5.74) is -0.588. The van der Waals surface area contributed by atoms with Crippen LogP contribution in [0.4, 0.5) is 0 Å². The van der Waals surface area contributed by atoms with E-state index in [-0.39, 0.29) is 6.61 Å². The van der Waals surface area contributed by atoms with Crippen LogP contribution < -0.4 is 5.32 Å². The third-order valence-electron chi connectivity index (χ3n) is 2.06. The van der Waals surface area contributed by atoms with Crippen molar-refractivity contribution in [3.8, 4) is 0 Å². The number of hydrogen-bond acceptors (Lipinski definition) is 4. The highest BCUT2D eigenvalue weighted by atomic mass is 31.2. The molecule has 0 amide bonds. The Bertz CT molecular complexity index is 194. The van der Waals surface area contributed by atoms with Crippen molar-refractivity contribution in [2.75, 3.05) is 26.4 Å². The third-order valence-corrected chi connectivity index (χ3v) is 2.06. The fourth-order valence-electron chi connectivity index (χ4n) is 0.900. The van der Waals surface area contributed by atoms with Crippen molar-refractivity contribution in [2.45, 2.75) is 32.3 Å². The molecule has 100 valence electrons. The van der Waals surface area contributed by atoms with E-state index in [0.29, 0.717) is 13.1 Å². The molecule has 0 saturated carbocycles. The second-order valence-electron chi connectivity index (χ2n) is 3.67. The second-order valence-corrected chi connectivity index (χ2v) is 5.34. The standard InChI is InChI=1S/C8H19NO2.CH5O3P/c1-3-8(11,4-2)7-9-5-6-10;1-5(2,3)4/h9-11H,3-7H2,1-2H3;1H3,(H2,2,3,4). The second kappa shape index (κ2) is 9.10. The molecule has 0 saturated heterocycles. The molecule has 0 bridgehead atoms. The lowest BCUT2D eigenvalue weighted by atomic mass is 9.98. The van der Waals surface area contributed by atoms with Gasteiger partial charge in [-0.1, -0.05) is 13.8 Å². The molecule has 0 fully saturated rings. The average Bonchev–Trinajstić information content (AvgIpc) is 2.15. The number of rotatable bonds is 6. The maximum Gasteiger partial charge on any atom is 0.322 e. The zero-order valence-corrected chi connectivity index (χ0v) is 11.1. The van der Waals surface area contributed by atoms with Gasteiger partial charge in [-0.15, -0.1) is 0 Å². The highest BCUT2D eigenvalue weighted by Gasteiger charge is 2.20. The Labute approximate surface area is 96.9 Å². The summed E-state index contributed by atoms with van der Waals surface area (Å²) in [5, 5.41) is 21.2. The van der Waals surface area contributed by atoms with Crippen LogP contribution in [0.5, 0.6) is 0 Å². The Morgan fingerprint density at radius 1 is 1.25 bits per heavy atom. The molecule has 0 aromatic carbocycles. The van der Waals surface area contributed by atoms with Crippen molar-refractivity contribution in [3.05, 3.63) is 0 Å². The van der Waals surface area contributed by atoms with E-state index < -0.39 is 13.2 Å². The molecule has 0 atom stereocenters. The van der Waals surface area contributed by atoms with Gasteiger partial charge >= 0.3 is 7.60 Å². The van der Waals surface area contributed by atoms with Crippen LogP contribution in [0.2, 0.25) is 0 Å². The predicted octanol–water partition coefficient (Wildman–Crippen LogP) is -0.0867. The molecule has 0 spiro atoms. The van der Waals surface area contributed by atoms with Crippen molar-refractivity contribution < 1.29 is 24.6 Å². The summed E-state index contributed by atoms with van der Waals surface area (Å²) in [6, 6.07) is 0. The van der Waals surface area contributed by atoms with Gasteiger partial charge in [0.1, 0.15) is 0 Å². The van der Waals surface area contributed by atoms with E-state index in [4.69, 9.17) is 14.9 Å². The van der Waals surface area contributed by atoms with Gasteiger partial charge in [0.05, 0.1) is 12.2 Å². The van der Waals surface area contributed by atoms with Crippen LogP contribution in [-0.2, 0) is 4.57 Å². The lowest BCUT2D eigenvalue weighted by molar-refractivity contribution is 0.0318. The van der Waals surface area contributed by atoms with E-state index in [2.05, 4.69) is 5.32 Å². The lowest BCUT2D eigenvalue weighted by Gasteiger charge is -2.25. The lowest BCUT2D eigenvalue weighted by Crippen LogP contribution is -2.40. The van der Waals surface area contributed by atoms with Gasteiger partial charge in [0, 0.05) is 19.8 Å². The summed E-state index contributed by atoms with van der Waals surface area (Å²) in [4.78, 5) is 15.3. The molecule has 0 aliphatic carbocycles. The zero-order chi connectivity index (χ0) is 13.2. The Morgan fingerprint density at radius 3 is 1.88 bits per heavy atom. The van der Waals surface area contributed by atoms with Crippen molar-refractivity contribution >= 4 is 7.60 Å². The smallest absolute Gasteiger partial charge is 0.322 e. The van der Waals surface area contributed by atoms with Crippen molar-refractivity contribution in [3.63, 3.8) is 0 Å².